The van der Waals surface area contributed by atoms with Crippen LogP contribution in [-0.2, 0) is 25.6 Å². The Kier molecular flexibility index (Phi) is 7.75. The monoisotopic (exact) mass is 458 g/mol. The highest BCUT2D eigenvalue weighted by molar-refractivity contribution is 8.14. The molecule has 2 N–H and O–H groups in total. The van der Waals surface area contributed by atoms with Crippen LogP contribution < -0.4 is 10.2 Å². The van der Waals surface area contributed by atoms with Gasteiger partial charge in [-0.2, -0.15) is 0 Å². The van der Waals surface area contributed by atoms with Crippen LogP contribution in [0.4, 0.5) is 5.69 Å². The van der Waals surface area contributed by atoms with Crippen LogP contribution in [0.1, 0.15) is 12.5 Å². The highest BCUT2D eigenvalue weighted by Crippen LogP contribution is 2.34. The topological polar surface area (TPSA) is 104 Å². The predicted molar refractivity (Wildman–Crippen MR) is 121 cm³/mol. The number of anilines is 1. The number of carboxylic acid groups (broad SMARTS) is 1. The third kappa shape index (κ3) is 6.11. The fourth-order valence-corrected chi connectivity index (χ4v) is 5.16. The minimum atomic E-state index is -1.14. The number of fused-ring (bicyclic) bond motifs is 1. The molecule has 0 spiro atoms. The van der Waals surface area contributed by atoms with Crippen molar-refractivity contribution in [3.63, 3.8) is 0 Å². The van der Waals surface area contributed by atoms with E-state index < -0.39 is 35.6 Å². The average molecular weight is 459 g/mol. The number of nitrogens with zero attached hydrogens (tertiary/aromatic N) is 1. The molecule has 1 heterocycles. The molecule has 0 aliphatic carbocycles. The Balaban J connectivity index is 1.80. The quantitative estimate of drug-likeness (QED) is 0.657. The molecular formula is C22H22N2O5S2. The number of carbonyl (C=O) groups excluding carboxylic acids is 3. The Bertz CT molecular complexity index is 983. The van der Waals surface area contributed by atoms with Gasteiger partial charge in [-0.25, -0.2) is 0 Å². The molecule has 3 rings (SSSR count). The molecule has 0 bridgehead atoms. The van der Waals surface area contributed by atoms with E-state index in [2.05, 4.69) is 5.32 Å². The third-order valence-electron chi connectivity index (χ3n) is 4.60. The lowest BCUT2D eigenvalue weighted by atomic mass is 10.1. The molecule has 7 nitrogen and oxygen atoms in total. The number of carboxylic acids is 1. The first kappa shape index (κ1) is 22.9. The highest BCUT2D eigenvalue weighted by atomic mass is 32.2. The van der Waals surface area contributed by atoms with Crippen molar-refractivity contribution in [2.45, 2.75) is 29.5 Å². The van der Waals surface area contributed by atoms with Crippen molar-refractivity contribution in [1.82, 2.24) is 5.32 Å². The standard InChI is InChI=1S/C22H22N2O5S2/c1-14(25)31-19(11-15-7-3-2-4-8-15)21(28)23-16-13-30-18-10-6-5-9-17(18)24(22(16)29)12-20(26)27/h2-10,16,19H,11-13H2,1H3,(H,23,28)(H,26,27). The summed E-state index contributed by atoms with van der Waals surface area (Å²) in [6, 6.07) is 15.5. The van der Waals surface area contributed by atoms with Crippen molar-refractivity contribution < 1.29 is 24.3 Å². The van der Waals surface area contributed by atoms with E-state index in [1.165, 1.54) is 23.6 Å². The summed E-state index contributed by atoms with van der Waals surface area (Å²) in [7, 11) is 0. The first-order chi connectivity index (χ1) is 14.8. The van der Waals surface area contributed by atoms with Gasteiger partial charge in [-0.1, -0.05) is 54.2 Å². The molecule has 2 aromatic carbocycles. The van der Waals surface area contributed by atoms with E-state index in [4.69, 9.17) is 0 Å². The molecule has 2 amide bonds. The Morgan fingerprint density at radius 3 is 2.52 bits per heavy atom. The molecule has 0 fully saturated rings. The van der Waals surface area contributed by atoms with Gasteiger partial charge in [-0.3, -0.25) is 24.1 Å². The molecule has 2 aromatic rings. The van der Waals surface area contributed by atoms with E-state index in [9.17, 15) is 24.3 Å². The summed E-state index contributed by atoms with van der Waals surface area (Å²) in [4.78, 5) is 51.2. The smallest absolute Gasteiger partial charge is 0.323 e. The summed E-state index contributed by atoms with van der Waals surface area (Å²) in [5, 5.41) is 11.2. The Morgan fingerprint density at radius 1 is 1.16 bits per heavy atom. The zero-order valence-corrected chi connectivity index (χ0v) is 18.4. The molecule has 1 aliphatic rings. The van der Waals surface area contributed by atoms with Crippen LogP contribution in [0.25, 0.3) is 0 Å². The first-order valence-electron chi connectivity index (χ1n) is 9.61. The van der Waals surface area contributed by atoms with Gasteiger partial charge in [0.2, 0.25) is 5.91 Å². The number of nitrogens with one attached hydrogen (secondary N) is 1. The van der Waals surface area contributed by atoms with Crippen LogP contribution in [0.5, 0.6) is 0 Å². The number of carbonyl (C=O) groups is 4. The second kappa shape index (κ2) is 10.5. The van der Waals surface area contributed by atoms with Gasteiger partial charge in [0.15, 0.2) is 5.12 Å². The van der Waals surface area contributed by atoms with Crippen molar-refractivity contribution in [3.8, 4) is 0 Å². The third-order valence-corrected chi connectivity index (χ3v) is 6.75. The number of hydrogen-bond acceptors (Lipinski definition) is 6. The van der Waals surface area contributed by atoms with Crippen molar-refractivity contribution in [3.05, 3.63) is 60.2 Å². The van der Waals surface area contributed by atoms with Gasteiger partial charge in [0.25, 0.3) is 5.91 Å². The molecule has 0 radical (unpaired) electrons. The Morgan fingerprint density at radius 2 is 1.84 bits per heavy atom. The van der Waals surface area contributed by atoms with E-state index in [1.54, 1.807) is 12.1 Å². The lowest BCUT2D eigenvalue weighted by Crippen LogP contribution is -2.52. The van der Waals surface area contributed by atoms with Crippen molar-refractivity contribution in [2.75, 3.05) is 17.2 Å². The maximum Gasteiger partial charge on any atom is 0.323 e. The summed E-state index contributed by atoms with van der Waals surface area (Å²) in [6.07, 6.45) is 0.337. The average Bonchev–Trinajstić information content (AvgIpc) is 2.86. The fourth-order valence-electron chi connectivity index (χ4n) is 3.24. The van der Waals surface area contributed by atoms with Crippen molar-refractivity contribution >= 4 is 52.1 Å². The summed E-state index contributed by atoms with van der Waals surface area (Å²) < 4.78 is 0. The molecule has 0 aromatic heterocycles. The fraction of sp³-hybridized carbons (Fsp3) is 0.273. The van der Waals surface area contributed by atoms with Gasteiger partial charge in [-0.05, 0) is 24.1 Å². The van der Waals surface area contributed by atoms with Gasteiger partial charge in [0.05, 0.1) is 10.9 Å². The zero-order valence-electron chi connectivity index (χ0n) is 16.8. The van der Waals surface area contributed by atoms with Gasteiger partial charge in [0.1, 0.15) is 12.6 Å². The second-order valence-electron chi connectivity index (χ2n) is 6.95. The van der Waals surface area contributed by atoms with Gasteiger partial charge in [0, 0.05) is 17.6 Å². The minimum Gasteiger partial charge on any atom is -0.480 e. The zero-order chi connectivity index (χ0) is 22.4. The summed E-state index contributed by atoms with van der Waals surface area (Å²) in [5.74, 6) is -1.79. The molecular weight excluding hydrogens is 436 g/mol. The highest BCUT2D eigenvalue weighted by Gasteiger charge is 2.34. The number of thioether (sulfide) groups is 2. The predicted octanol–water partition coefficient (Wildman–Crippen LogP) is 2.59. The van der Waals surface area contributed by atoms with Crippen LogP contribution in [-0.4, -0.2) is 51.6 Å². The number of rotatable bonds is 7. The van der Waals surface area contributed by atoms with E-state index in [1.807, 2.05) is 42.5 Å². The molecule has 9 heteroatoms. The van der Waals surface area contributed by atoms with E-state index in [0.29, 0.717) is 12.1 Å². The largest absolute Gasteiger partial charge is 0.480 e. The van der Waals surface area contributed by atoms with Gasteiger partial charge in [-0.15, -0.1) is 11.8 Å². The summed E-state index contributed by atoms with van der Waals surface area (Å²) >= 11 is 2.30. The molecule has 2 unspecified atom stereocenters. The van der Waals surface area contributed by atoms with Crippen LogP contribution >= 0.6 is 23.5 Å². The number of hydrogen-bond donors (Lipinski definition) is 2. The Labute approximate surface area is 188 Å². The molecule has 0 saturated heterocycles. The van der Waals surface area contributed by atoms with E-state index >= 15 is 0 Å². The lowest BCUT2D eigenvalue weighted by molar-refractivity contribution is -0.137. The summed E-state index contributed by atoms with van der Waals surface area (Å²) in [5.41, 5.74) is 1.41. The second-order valence-corrected chi connectivity index (χ2v) is 9.39. The SMILES string of the molecule is CC(=O)SC(Cc1ccccc1)C(=O)NC1CSc2ccccc2N(CC(=O)O)C1=O. The lowest BCUT2D eigenvalue weighted by Gasteiger charge is -2.25. The van der Waals surface area contributed by atoms with Gasteiger partial charge < -0.3 is 10.4 Å². The normalized spacial score (nSPS) is 16.7. The Hall–Kier alpha value is -2.78. The van der Waals surface area contributed by atoms with Crippen molar-refractivity contribution in [1.29, 1.82) is 0 Å². The number of amides is 2. The van der Waals surface area contributed by atoms with Crippen molar-refractivity contribution in [2.24, 2.45) is 0 Å². The maximum absolute atomic E-state index is 13.1. The van der Waals surface area contributed by atoms with Gasteiger partial charge >= 0.3 is 5.97 Å². The number of benzene rings is 2. The first-order valence-corrected chi connectivity index (χ1v) is 11.5. The molecule has 1 aliphatic heterocycles. The molecule has 162 valence electrons. The van der Waals surface area contributed by atoms with E-state index in [0.717, 1.165) is 22.2 Å². The van der Waals surface area contributed by atoms with Crippen LogP contribution in [0.2, 0.25) is 0 Å². The minimum absolute atomic E-state index is 0.197. The molecule has 0 saturated carbocycles. The van der Waals surface area contributed by atoms with Crippen LogP contribution in [0.15, 0.2) is 59.5 Å². The molecule has 31 heavy (non-hydrogen) atoms. The van der Waals surface area contributed by atoms with E-state index in [-0.39, 0.29) is 10.9 Å². The maximum atomic E-state index is 13.1. The van der Waals surface area contributed by atoms with Crippen LogP contribution in [0.3, 0.4) is 0 Å². The molecule has 2 atom stereocenters. The number of para-hydroxylation sites is 1. The number of aliphatic carboxylic acids is 1. The van der Waals surface area contributed by atoms with Crippen LogP contribution in [0, 0.1) is 0 Å². The summed E-state index contributed by atoms with van der Waals surface area (Å²) in [6.45, 7) is 0.895.